The van der Waals surface area contributed by atoms with E-state index in [9.17, 15) is 9.90 Å². The SMILES string of the molecule is O=C(c1ccc2c(c1)OCCO2)C1CCN(CC(O)COCc2cccs2)CC1. The number of fused-ring (bicyclic) bond motifs is 1. The molecule has 0 amide bonds. The number of likely N-dealkylation sites (tertiary alicyclic amines) is 1. The quantitative estimate of drug-likeness (QED) is 0.666. The third-order valence-electron chi connectivity index (χ3n) is 5.39. The van der Waals surface area contributed by atoms with E-state index in [1.54, 1.807) is 17.4 Å². The van der Waals surface area contributed by atoms with Crippen LogP contribution in [-0.4, -0.2) is 61.3 Å². The van der Waals surface area contributed by atoms with Gasteiger partial charge in [-0.2, -0.15) is 0 Å². The monoisotopic (exact) mass is 417 g/mol. The molecule has 1 aromatic carbocycles. The summed E-state index contributed by atoms with van der Waals surface area (Å²) in [6.07, 6.45) is 1.09. The van der Waals surface area contributed by atoms with Crippen molar-refractivity contribution in [1.82, 2.24) is 4.90 Å². The molecule has 1 aromatic heterocycles. The van der Waals surface area contributed by atoms with Crippen molar-refractivity contribution < 1.29 is 24.1 Å². The Balaban J connectivity index is 1.21. The molecular formula is C22H27NO5S. The summed E-state index contributed by atoms with van der Waals surface area (Å²) in [6.45, 7) is 4.13. The molecule has 0 saturated carbocycles. The number of aliphatic hydroxyl groups excluding tert-OH is 1. The van der Waals surface area contributed by atoms with Gasteiger partial charge in [-0.05, 0) is 55.6 Å². The molecule has 0 aliphatic carbocycles. The molecule has 1 unspecified atom stereocenters. The van der Waals surface area contributed by atoms with E-state index < -0.39 is 6.10 Å². The maximum absolute atomic E-state index is 12.9. The number of rotatable bonds is 8. The summed E-state index contributed by atoms with van der Waals surface area (Å²) < 4.78 is 16.7. The van der Waals surface area contributed by atoms with Crippen LogP contribution >= 0.6 is 11.3 Å². The minimum Gasteiger partial charge on any atom is -0.486 e. The molecule has 1 atom stereocenters. The van der Waals surface area contributed by atoms with Gasteiger partial charge in [-0.3, -0.25) is 4.79 Å². The van der Waals surface area contributed by atoms with Gasteiger partial charge in [0.05, 0.1) is 19.3 Å². The van der Waals surface area contributed by atoms with Gasteiger partial charge in [0.2, 0.25) is 0 Å². The van der Waals surface area contributed by atoms with Crippen molar-refractivity contribution in [2.45, 2.75) is 25.6 Å². The number of Topliss-reactive ketones (excluding diaryl/α,β-unsaturated/α-hetero) is 1. The first kappa shape index (κ1) is 20.3. The highest BCUT2D eigenvalue weighted by Crippen LogP contribution is 2.32. The average Bonchev–Trinajstić information content (AvgIpc) is 3.27. The second-order valence-electron chi connectivity index (χ2n) is 7.55. The van der Waals surface area contributed by atoms with E-state index in [2.05, 4.69) is 4.90 Å². The van der Waals surface area contributed by atoms with Crippen molar-refractivity contribution >= 4 is 17.1 Å². The molecule has 4 rings (SSSR count). The number of ketones is 1. The number of β-amino-alcohol motifs (C(OH)–C–C–N with tert-alkyl or cyclic N) is 1. The normalized spacial score (nSPS) is 18.5. The summed E-state index contributed by atoms with van der Waals surface area (Å²) in [5.74, 6) is 1.55. The molecule has 6 nitrogen and oxygen atoms in total. The van der Waals surface area contributed by atoms with E-state index in [4.69, 9.17) is 14.2 Å². The first-order valence-electron chi connectivity index (χ1n) is 10.1. The molecule has 1 N–H and O–H groups in total. The van der Waals surface area contributed by atoms with Crippen molar-refractivity contribution in [2.75, 3.05) is 39.5 Å². The smallest absolute Gasteiger partial charge is 0.166 e. The van der Waals surface area contributed by atoms with Gasteiger partial charge >= 0.3 is 0 Å². The minimum absolute atomic E-state index is 0.0148. The Hall–Kier alpha value is -1.93. The van der Waals surface area contributed by atoms with E-state index in [1.807, 2.05) is 29.6 Å². The number of piperidine rings is 1. The Morgan fingerprint density at radius 3 is 2.76 bits per heavy atom. The number of hydrogen-bond acceptors (Lipinski definition) is 7. The van der Waals surface area contributed by atoms with Crippen LogP contribution in [0.4, 0.5) is 0 Å². The first-order chi connectivity index (χ1) is 14.2. The standard InChI is InChI=1S/C22H27NO5S/c24-18(14-26-15-19-2-1-11-29-19)13-23-7-5-16(6-8-23)22(25)17-3-4-20-21(12-17)28-10-9-27-20/h1-4,11-12,16,18,24H,5-10,13-15H2. The number of carbonyl (C=O) groups is 1. The third-order valence-corrected chi connectivity index (χ3v) is 6.24. The lowest BCUT2D eigenvalue weighted by molar-refractivity contribution is 0.00557. The van der Waals surface area contributed by atoms with Gasteiger partial charge in [0.1, 0.15) is 13.2 Å². The first-order valence-corrected chi connectivity index (χ1v) is 11.0. The Kier molecular flexibility index (Phi) is 6.82. The predicted octanol–water partition coefficient (Wildman–Crippen LogP) is 2.99. The van der Waals surface area contributed by atoms with Gasteiger partial charge in [-0.25, -0.2) is 0 Å². The number of aliphatic hydroxyl groups is 1. The number of carbonyl (C=O) groups excluding carboxylic acids is 1. The maximum atomic E-state index is 12.9. The summed E-state index contributed by atoms with van der Waals surface area (Å²) in [6, 6.07) is 9.48. The molecule has 156 valence electrons. The molecule has 1 saturated heterocycles. The number of hydrogen-bond donors (Lipinski definition) is 1. The average molecular weight is 418 g/mol. The highest BCUT2D eigenvalue weighted by Gasteiger charge is 2.27. The molecule has 0 radical (unpaired) electrons. The fourth-order valence-electron chi connectivity index (χ4n) is 3.85. The molecule has 2 aliphatic heterocycles. The molecule has 2 aromatic rings. The van der Waals surface area contributed by atoms with Gasteiger partial charge in [0, 0.05) is 22.9 Å². The second-order valence-corrected chi connectivity index (χ2v) is 8.58. The lowest BCUT2D eigenvalue weighted by atomic mass is 9.88. The number of ether oxygens (including phenoxy) is 3. The van der Waals surface area contributed by atoms with Crippen LogP contribution in [0, 0.1) is 5.92 Å². The van der Waals surface area contributed by atoms with Crippen LogP contribution in [0.25, 0.3) is 0 Å². The van der Waals surface area contributed by atoms with Crippen LogP contribution < -0.4 is 9.47 Å². The molecule has 29 heavy (non-hydrogen) atoms. The summed E-state index contributed by atoms with van der Waals surface area (Å²) in [4.78, 5) is 16.3. The summed E-state index contributed by atoms with van der Waals surface area (Å²) in [7, 11) is 0. The van der Waals surface area contributed by atoms with Crippen LogP contribution in [0.2, 0.25) is 0 Å². The van der Waals surface area contributed by atoms with Crippen molar-refractivity contribution in [3.05, 3.63) is 46.2 Å². The van der Waals surface area contributed by atoms with Crippen molar-refractivity contribution in [2.24, 2.45) is 5.92 Å². The lowest BCUT2D eigenvalue weighted by Crippen LogP contribution is -2.41. The molecular weight excluding hydrogens is 390 g/mol. The molecule has 3 heterocycles. The zero-order chi connectivity index (χ0) is 20.1. The highest BCUT2D eigenvalue weighted by molar-refractivity contribution is 7.09. The lowest BCUT2D eigenvalue weighted by Gasteiger charge is -2.32. The topological polar surface area (TPSA) is 68.2 Å². The van der Waals surface area contributed by atoms with Crippen molar-refractivity contribution in [3.63, 3.8) is 0 Å². The Bertz CT molecular complexity index is 802. The van der Waals surface area contributed by atoms with Gasteiger partial charge in [0.25, 0.3) is 0 Å². The van der Waals surface area contributed by atoms with E-state index in [1.165, 1.54) is 0 Å². The number of benzene rings is 1. The fourth-order valence-corrected chi connectivity index (χ4v) is 4.49. The molecule has 1 fully saturated rings. The second kappa shape index (κ2) is 9.71. The zero-order valence-corrected chi connectivity index (χ0v) is 17.2. The molecule has 0 bridgehead atoms. The summed E-state index contributed by atoms with van der Waals surface area (Å²) in [5, 5.41) is 12.3. The van der Waals surface area contributed by atoms with Crippen molar-refractivity contribution in [1.29, 1.82) is 0 Å². The summed E-state index contributed by atoms with van der Waals surface area (Å²) >= 11 is 1.66. The summed E-state index contributed by atoms with van der Waals surface area (Å²) in [5.41, 5.74) is 0.690. The Morgan fingerprint density at radius 2 is 2.00 bits per heavy atom. The Labute approximate surface area is 175 Å². The third kappa shape index (κ3) is 5.36. The zero-order valence-electron chi connectivity index (χ0n) is 16.4. The van der Waals surface area contributed by atoms with E-state index in [-0.39, 0.29) is 11.7 Å². The number of thiophene rings is 1. The minimum atomic E-state index is -0.514. The molecule has 2 aliphatic rings. The largest absolute Gasteiger partial charge is 0.486 e. The van der Waals surface area contributed by atoms with Gasteiger partial charge in [-0.1, -0.05) is 6.07 Å². The highest BCUT2D eigenvalue weighted by atomic mass is 32.1. The molecule has 0 spiro atoms. The van der Waals surface area contributed by atoms with Crippen LogP contribution in [0.1, 0.15) is 28.1 Å². The molecule has 7 heteroatoms. The maximum Gasteiger partial charge on any atom is 0.166 e. The van der Waals surface area contributed by atoms with Crippen LogP contribution in [0.3, 0.4) is 0 Å². The van der Waals surface area contributed by atoms with Crippen molar-refractivity contribution in [3.8, 4) is 11.5 Å². The predicted molar refractivity (Wildman–Crippen MR) is 111 cm³/mol. The van der Waals surface area contributed by atoms with Gasteiger partial charge < -0.3 is 24.2 Å². The van der Waals surface area contributed by atoms with Gasteiger partial charge in [-0.15, -0.1) is 11.3 Å². The van der Waals surface area contributed by atoms with E-state index in [0.717, 1.165) is 30.8 Å². The van der Waals surface area contributed by atoms with E-state index in [0.29, 0.717) is 50.0 Å². The van der Waals surface area contributed by atoms with Crippen LogP contribution in [0.5, 0.6) is 11.5 Å². The fraction of sp³-hybridized carbons (Fsp3) is 0.500. The van der Waals surface area contributed by atoms with E-state index >= 15 is 0 Å². The Morgan fingerprint density at radius 1 is 1.21 bits per heavy atom. The van der Waals surface area contributed by atoms with Crippen LogP contribution in [0.15, 0.2) is 35.7 Å². The van der Waals surface area contributed by atoms with Gasteiger partial charge in [0.15, 0.2) is 17.3 Å². The number of nitrogens with zero attached hydrogens (tertiary/aromatic N) is 1. The van der Waals surface area contributed by atoms with Crippen LogP contribution in [-0.2, 0) is 11.3 Å².